The molecule has 0 aromatic rings. The Morgan fingerprint density at radius 2 is 1.30 bits per heavy atom. The summed E-state index contributed by atoms with van der Waals surface area (Å²) in [5.74, 6) is -5.63. The minimum Gasteiger partial charge on any atom is -0.212 e. The average molecular weight is 433 g/mol. The third-order valence-corrected chi connectivity index (χ3v) is 3.36. The summed E-state index contributed by atoms with van der Waals surface area (Å²) in [6.45, 7) is 23.1. The minimum atomic E-state index is -1.74. The highest BCUT2D eigenvalue weighted by Gasteiger charge is 2.17. The lowest BCUT2D eigenvalue weighted by molar-refractivity contribution is 0.489. The summed E-state index contributed by atoms with van der Waals surface area (Å²) in [6.07, 6.45) is 8.92. The number of halogens is 4. The molecule has 0 aliphatic heterocycles. The van der Waals surface area contributed by atoms with Gasteiger partial charge < -0.3 is 0 Å². The summed E-state index contributed by atoms with van der Waals surface area (Å²) >= 11 is 0. The molecule has 0 unspecified atom stereocenters. The van der Waals surface area contributed by atoms with E-state index in [1.165, 1.54) is 12.0 Å². The maximum atomic E-state index is 13.7. The first-order valence-corrected chi connectivity index (χ1v) is 10.7. The predicted octanol–water partition coefficient (Wildman–Crippen LogP) is 11.0. The topological polar surface area (TPSA) is 0 Å². The van der Waals surface area contributed by atoms with Gasteiger partial charge in [-0.25, -0.2) is 17.6 Å². The Balaban J connectivity index is -0.000000365. The van der Waals surface area contributed by atoms with E-state index < -0.39 is 28.9 Å². The maximum Gasteiger partial charge on any atom is 0.194 e. The van der Waals surface area contributed by atoms with Gasteiger partial charge in [-0.05, 0) is 53.4 Å². The van der Waals surface area contributed by atoms with Crippen LogP contribution < -0.4 is 0 Å². The molecule has 0 fully saturated rings. The molecule has 0 N–H and O–H groups in total. The lowest BCUT2D eigenvalue weighted by Crippen LogP contribution is -1.93. The summed E-state index contributed by atoms with van der Waals surface area (Å²) in [5.41, 5.74) is 1.81. The normalized spacial score (nSPS) is 12.6. The second-order valence-electron chi connectivity index (χ2n) is 6.22. The highest BCUT2D eigenvalue weighted by atomic mass is 19.2. The molecule has 0 saturated heterocycles. The van der Waals surface area contributed by atoms with Crippen molar-refractivity contribution >= 4 is 0 Å². The van der Waals surface area contributed by atoms with Crippen LogP contribution >= 0.6 is 0 Å². The van der Waals surface area contributed by atoms with Crippen LogP contribution in [0.1, 0.15) is 94.4 Å². The Bertz CT molecular complexity index is 572. The summed E-state index contributed by atoms with van der Waals surface area (Å²) in [7, 11) is 0. The van der Waals surface area contributed by atoms with E-state index in [2.05, 4.69) is 27.0 Å². The van der Waals surface area contributed by atoms with Crippen molar-refractivity contribution in [2.45, 2.75) is 94.4 Å². The highest BCUT2D eigenvalue weighted by molar-refractivity contribution is 5.35. The first-order valence-electron chi connectivity index (χ1n) is 10.7. The van der Waals surface area contributed by atoms with Crippen LogP contribution in [0.15, 0.2) is 71.4 Å². The molecule has 0 aromatic carbocycles. The smallest absolute Gasteiger partial charge is 0.194 e. The van der Waals surface area contributed by atoms with E-state index in [0.29, 0.717) is 12.8 Å². The average Bonchev–Trinajstić information content (AvgIpc) is 2.71. The van der Waals surface area contributed by atoms with E-state index >= 15 is 0 Å². The van der Waals surface area contributed by atoms with Crippen LogP contribution in [-0.4, -0.2) is 0 Å². The zero-order valence-electron chi connectivity index (χ0n) is 20.7. The van der Waals surface area contributed by atoms with Gasteiger partial charge in [-0.1, -0.05) is 77.0 Å². The van der Waals surface area contributed by atoms with Crippen LogP contribution in [0.4, 0.5) is 17.6 Å². The van der Waals surface area contributed by atoms with Gasteiger partial charge in [-0.2, -0.15) is 0 Å². The van der Waals surface area contributed by atoms with Crippen molar-refractivity contribution in [1.82, 2.24) is 0 Å². The Hall–Kier alpha value is -1.84. The van der Waals surface area contributed by atoms with Gasteiger partial charge in [0, 0.05) is 5.57 Å². The second-order valence-corrected chi connectivity index (χ2v) is 6.22. The zero-order chi connectivity index (χ0) is 24.7. The molecule has 0 spiro atoms. The quantitative estimate of drug-likeness (QED) is 0.203. The number of hydrogen-bond donors (Lipinski definition) is 0. The van der Waals surface area contributed by atoms with Crippen LogP contribution in [0.25, 0.3) is 0 Å². The zero-order valence-corrected chi connectivity index (χ0v) is 20.7. The Morgan fingerprint density at radius 3 is 1.60 bits per heavy atom. The standard InChI is InChI=1S/C18H24F4.C3H8.C3H6.C2H6/c1-6-12(3)11-15(7-2)9-8-10-16(13(4)19)18(22)17(21)14(5)20;2*1-3-2;1-2/h7,11H,5-6,8-10H2,1-4H3;3H2,1-2H3;3H,1H2,2H3;1-2H3/b12-11+,15-7-,16-13-,18-17-;;;. The molecule has 0 saturated carbocycles. The Labute approximate surface area is 183 Å². The van der Waals surface area contributed by atoms with Gasteiger partial charge in [0.1, 0.15) is 5.83 Å². The lowest BCUT2D eigenvalue weighted by atomic mass is 10.0. The third-order valence-electron chi connectivity index (χ3n) is 3.36. The van der Waals surface area contributed by atoms with Gasteiger partial charge in [0.05, 0.1) is 0 Å². The Morgan fingerprint density at radius 1 is 0.867 bits per heavy atom. The lowest BCUT2D eigenvalue weighted by Gasteiger charge is -2.08. The third kappa shape index (κ3) is 20.9. The molecule has 0 heterocycles. The van der Waals surface area contributed by atoms with Crippen LogP contribution in [0, 0.1) is 0 Å². The molecule has 4 heteroatoms. The molecule has 0 rings (SSSR count). The van der Waals surface area contributed by atoms with Crippen molar-refractivity contribution in [2.75, 3.05) is 0 Å². The first kappa shape index (κ1) is 35.6. The van der Waals surface area contributed by atoms with Crippen LogP contribution in [0.2, 0.25) is 0 Å². The van der Waals surface area contributed by atoms with Crippen molar-refractivity contribution in [3.8, 4) is 0 Å². The summed E-state index contributed by atoms with van der Waals surface area (Å²) in [4.78, 5) is 0. The summed E-state index contributed by atoms with van der Waals surface area (Å²) in [6, 6.07) is 0. The molecular weight excluding hydrogens is 388 g/mol. The number of rotatable bonds is 8. The van der Waals surface area contributed by atoms with E-state index in [-0.39, 0.29) is 6.42 Å². The molecule has 0 bridgehead atoms. The molecule has 0 radical (unpaired) electrons. The molecule has 0 aliphatic rings. The van der Waals surface area contributed by atoms with Crippen molar-refractivity contribution < 1.29 is 17.6 Å². The van der Waals surface area contributed by atoms with Gasteiger partial charge in [0.15, 0.2) is 17.5 Å². The van der Waals surface area contributed by atoms with E-state index in [1.54, 1.807) is 6.08 Å². The van der Waals surface area contributed by atoms with Crippen molar-refractivity contribution in [1.29, 1.82) is 0 Å². The second kappa shape index (κ2) is 25.2. The SMILES string of the molecule is C=C(F)/C(F)=C(F)\C(CCCC(=C/C)/C=C(\C)CC)=C(\C)F.C=CC.CC.CCC. The van der Waals surface area contributed by atoms with Crippen LogP contribution in [0.5, 0.6) is 0 Å². The molecule has 0 nitrogen and oxygen atoms in total. The minimum absolute atomic E-state index is 0.00871. The largest absolute Gasteiger partial charge is 0.212 e. The fraction of sp³-hybridized carbons (Fsp3) is 0.538. The van der Waals surface area contributed by atoms with E-state index in [4.69, 9.17) is 0 Å². The van der Waals surface area contributed by atoms with Crippen LogP contribution in [-0.2, 0) is 0 Å². The number of allylic oxidation sites excluding steroid dienone is 10. The molecule has 30 heavy (non-hydrogen) atoms. The number of hydrogen-bond acceptors (Lipinski definition) is 0. The van der Waals surface area contributed by atoms with Crippen molar-refractivity contribution in [3.05, 3.63) is 71.4 Å². The van der Waals surface area contributed by atoms with Gasteiger partial charge in [0.2, 0.25) is 0 Å². The fourth-order valence-corrected chi connectivity index (χ4v) is 1.87. The maximum absolute atomic E-state index is 13.7. The van der Waals surface area contributed by atoms with Gasteiger partial charge >= 0.3 is 0 Å². The van der Waals surface area contributed by atoms with Gasteiger partial charge in [0.25, 0.3) is 0 Å². The van der Waals surface area contributed by atoms with E-state index in [1.807, 2.05) is 53.7 Å². The molecular formula is C26H44F4. The summed E-state index contributed by atoms with van der Waals surface area (Å²) in [5, 5.41) is 0. The monoisotopic (exact) mass is 432 g/mol. The molecule has 0 aliphatic carbocycles. The predicted molar refractivity (Wildman–Crippen MR) is 128 cm³/mol. The summed E-state index contributed by atoms with van der Waals surface area (Å²) < 4.78 is 52.9. The highest BCUT2D eigenvalue weighted by Crippen LogP contribution is 2.30. The molecule has 0 aromatic heterocycles. The van der Waals surface area contributed by atoms with Crippen molar-refractivity contribution in [2.24, 2.45) is 0 Å². The van der Waals surface area contributed by atoms with Crippen LogP contribution in [0.3, 0.4) is 0 Å². The van der Waals surface area contributed by atoms with Gasteiger partial charge in [-0.15, -0.1) is 6.58 Å². The molecule has 0 amide bonds. The fourth-order valence-electron chi connectivity index (χ4n) is 1.87. The molecule has 176 valence electrons. The molecule has 0 atom stereocenters. The first-order chi connectivity index (χ1) is 14.1. The van der Waals surface area contributed by atoms with E-state index in [0.717, 1.165) is 18.9 Å². The Kier molecular flexibility index (Phi) is 29.9. The van der Waals surface area contributed by atoms with Crippen molar-refractivity contribution in [3.63, 3.8) is 0 Å². The van der Waals surface area contributed by atoms with E-state index in [9.17, 15) is 17.6 Å². The van der Waals surface area contributed by atoms with Gasteiger partial charge in [-0.3, -0.25) is 0 Å².